The molecule has 18 rings (SSSR count). The van der Waals surface area contributed by atoms with Crippen LogP contribution in [0, 0.1) is 128 Å². The molecule has 8 aliphatic carbocycles. The van der Waals surface area contributed by atoms with Gasteiger partial charge in [-0.05, 0) is 161 Å². The van der Waals surface area contributed by atoms with E-state index in [-0.39, 0.29) is 145 Å². The normalized spacial score (nSPS) is 37.5. The van der Waals surface area contributed by atoms with Gasteiger partial charge in [-0.3, -0.25) is 81.5 Å². The van der Waals surface area contributed by atoms with Gasteiger partial charge >= 0.3 is 119 Å². The average Bonchev–Trinajstić information content (AvgIpc) is 1.54. The first-order chi connectivity index (χ1) is 62.8. The predicted octanol–water partition coefficient (Wildman–Crippen LogP) is 6.55. The van der Waals surface area contributed by atoms with E-state index in [1.165, 1.54) is 14.2 Å². The maximum absolute atomic E-state index is 12.3. The second-order valence-corrected chi connectivity index (χ2v) is 40.4. The van der Waals surface area contributed by atoms with Crippen LogP contribution in [0.25, 0.3) is 0 Å². The molecule has 3 spiro atoms. The maximum atomic E-state index is 12.3. The zero-order valence-corrected chi connectivity index (χ0v) is 78.0. The summed E-state index contributed by atoms with van der Waals surface area (Å²) in [6.07, 6.45) is 5.88. The third-order valence-corrected chi connectivity index (χ3v) is 31.9. The first-order valence-corrected chi connectivity index (χ1v) is 46.9. The first kappa shape index (κ1) is 100. The standard InChI is InChI=1S/C17H22O8.C16H20O9.2C16H22O5.C15H20O5.C14H18O7/c1-4-7(2)15(19)23-6-10(18)24-13-8-5-9-12(11(8)16(20)22-3)17(21)25-14(9)13;1-4-6(2)14(18)22-5-7(17)23-12-10-8(15(19)21-3)9-11(24-10)13(12)25-16(9)20;1-4-15(2,3)13(18)20-11-6-10-5-9(11)7-16(10)8-12(17)21-14(16)19;1-4-15(2,3)13(18)20-11-6-9-5-10(11)16(7-9)8-12(17)21-14(16)19;1-3-8(2)13(17)19-11-5-9-4-10(11)15(6-9)7-12(16)20-14(15)18;1-3-6(2)13(16)18-5-9(15)20-11-8-4-7-10(19-8)12(11)21-14(7)17/h7-9,11-14H,4-6H2,1-3H3;6,8-13H,4-5H2,1-3H3;2*9-11H,4-8H2,1-3H3;8-11H,3-7H2,1-2H3;6-8,10-12H,3-5H2,1-2H3. The number of fused-ring (bicyclic) bond motifs is 12. The van der Waals surface area contributed by atoms with Crippen LogP contribution in [0.1, 0.15) is 225 Å². The van der Waals surface area contributed by atoms with E-state index in [4.69, 9.17) is 90.0 Å². The smallest absolute Gasteiger partial charge is 0.344 e. The van der Waals surface area contributed by atoms with Crippen molar-refractivity contribution >= 4 is 119 Å². The monoisotopic (exact) mass is 1880 g/mol. The number of carbonyl (C=O) groups excluding carboxylic acids is 20. The minimum Gasteiger partial charge on any atom is -0.469 e. The molecule has 33 atom stereocenters. The molecule has 734 valence electrons. The number of methoxy groups -OCH3 is 2. The Labute approximate surface area is 768 Å². The lowest BCUT2D eigenvalue weighted by molar-refractivity contribution is -0.173. The quantitative estimate of drug-likeness (QED) is 0.0503. The van der Waals surface area contributed by atoms with Gasteiger partial charge in [0.15, 0.2) is 44.2 Å². The van der Waals surface area contributed by atoms with E-state index in [0.717, 1.165) is 44.9 Å². The van der Waals surface area contributed by atoms with Gasteiger partial charge in [0, 0.05) is 23.7 Å². The topological polar surface area (TPSA) is 517 Å². The fourth-order valence-electron chi connectivity index (χ4n) is 22.9. The van der Waals surface area contributed by atoms with Gasteiger partial charge in [-0.15, -0.1) is 0 Å². The molecule has 33 unspecified atom stereocenters. The Bertz CT molecular complexity index is 4510. The van der Waals surface area contributed by atoms with Gasteiger partial charge in [0.05, 0.1) is 108 Å². The van der Waals surface area contributed by atoms with Crippen LogP contribution in [0.2, 0.25) is 0 Å². The summed E-state index contributed by atoms with van der Waals surface area (Å²) in [5.41, 5.74) is -3.03. The van der Waals surface area contributed by atoms with Crippen molar-refractivity contribution < 1.29 is 186 Å². The fourth-order valence-corrected chi connectivity index (χ4v) is 22.9. The van der Waals surface area contributed by atoms with Crippen molar-refractivity contribution in [2.24, 2.45) is 128 Å². The van der Waals surface area contributed by atoms with Crippen LogP contribution >= 0.6 is 0 Å². The van der Waals surface area contributed by atoms with E-state index in [9.17, 15) is 95.9 Å². The Morgan fingerprint density at radius 1 is 0.391 bits per heavy atom. The zero-order chi connectivity index (χ0) is 97.1. The van der Waals surface area contributed by atoms with Crippen molar-refractivity contribution in [3.63, 3.8) is 0 Å². The van der Waals surface area contributed by atoms with E-state index in [0.29, 0.717) is 76.0 Å². The second kappa shape index (κ2) is 39.7. The summed E-state index contributed by atoms with van der Waals surface area (Å²) in [4.78, 5) is 237. The van der Waals surface area contributed by atoms with E-state index < -0.39 is 209 Å². The summed E-state index contributed by atoms with van der Waals surface area (Å²) in [7, 11) is 2.48. The van der Waals surface area contributed by atoms with Gasteiger partial charge in [-0.2, -0.15) is 0 Å². The summed E-state index contributed by atoms with van der Waals surface area (Å²) >= 11 is 0. The molecule has 0 aromatic heterocycles. The molecule has 0 radical (unpaired) electrons. The van der Waals surface area contributed by atoms with Crippen LogP contribution in [0.4, 0.5) is 0 Å². The van der Waals surface area contributed by atoms with Crippen molar-refractivity contribution in [2.45, 2.75) is 305 Å². The lowest BCUT2D eigenvalue weighted by Crippen LogP contribution is -2.48. The summed E-state index contributed by atoms with van der Waals surface area (Å²) in [5.74, 6) is -12.5. The van der Waals surface area contributed by atoms with Crippen molar-refractivity contribution in [3.8, 4) is 0 Å². The number of hydrogen-bond acceptors (Lipinski definition) is 39. The lowest BCUT2D eigenvalue weighted by Gasteiger charge is -2.35. The largest absolute Gasteiger partial charge is 0.469 e. The van der Waals surface area contributed by atoms with Crippen LogP contribution in [0.5, 0.6) is 0 Å². The summed E-state index contributed by atoms with van der Waals surface area (Å²) in [6.45, 7) is 24.4. The van der Waals surface area contributed by atoms with Crippen LogP contribution in [0.15, 0.2) is 0 Å². The molecule has 10 heterocycles. The van der Waals surface area contributed by atoms with E-state index in [1.54, 1.807) is 20.8 Å². The minimum atomic E-state index is -0.924. The molecule has 18 fully saturated rings. The average molecular weight is 1880 g/mol. The molecule has 10 aliphatic heterocycles. The van der Waals surface area contributed by atoms with E-state index in [2.05, 4.69) is 0 Å². The molecule has 39 nitrogen and oxygen atoms in total. The highest BCUT2D eigenvalue weighted by Gasteiger charge is 2.75. The van der Waals surface area contributed by atoms with E-state index in [1.807, 2.05) is 76.2 Å². The van der Waals surface area contributed by atoms with Gasteiger partial charge in [0.25, 0.3) is 0 Å². The highest BCUT2D eigenvalue weighted by atomic mass is 16.7. The maximum Gasteiger partial charge on any atom is 0.344 e. The van der Waals surface area contributed by atoms with Crippen LogP contribution < -0.4 is 0 Å². The molecule has 0 aromatic carbocycles. The molecule has 0 N–H and O–H groups in total. The summed E-state index contributed by atoms with van der Waals surface area (Å²) in [5, 5.41) is 0. The third kappa shape index (κ3) is 19.4. The lowest BCUT2D eigenvalue weighted by atomic mass is 9.70. The molecule has 8 saturated carbocycles. The van der Waals surface area contributed by atoms with Crippen molar-refractivity contribution in [1.82, 2.24) is 0 Å². The predicted molar refractivity (Wildman–Crippen MR) is 440 cm³/mol. The fraction of sp³-hybridized carbons (Fsp3) is 0.787. The van der Waals surface area contributed by atoms with Crippen molar-refractivity contribution in [2.75, 3.05) is 34.0 Å². The summed E-state index contributed by atoms with van der Waals surface area (Å²) in [6, 6.07) is 0. The van der Waals surface area contributed by atoms with E-state index >= 15 is 0 Å². The molecule has 18 aliphatic rings. The van der Waals surface area contributed by atoms with Crippen LogP contribution in [-0.2, 0) is 186 Å². The van der Waals surface area contributed by atoms with Gasteiger partial charge in [-0.1, -0.05) is 69.2 Å². The van der Waals surface area contributed by atoms with Gasteiger partial charge in [-0.25, -0.2) is 14.4 Å². The number of cyclic esters (lactones) is 6. The van der Waals surface area contributed by atoms with Gasteiger partial charge in [0.2, 0.25) is 0 Å². The second-order valence-electron chi connectivity index (χ2n) is 40.4. The minimum absolute atomic E-state index is 0.0422. The third-order valence-electron chi connectivity index (χ3n) is 31.9. The molecule has 0 aromatic rings. The number of esters is 20. The van der Waals surface area contributed by atoms with Crippen molar-refractivity contribution in [3.05, 3.63) is 0 Å². The molecular formula is C94H124O39. The van der Waals surface area contributed by atoms with Crippen LogP contribution in [0.3, 0.4) is 0 Å². The number of carbonyl (C=O) groups is 20. The number of ether oxygens (including phenoxy) is 19. The molecule has 133 heavy (non-hydrogen) atoms. The molecule has 12 bridgehead atoms. The van der Waals surface area contributed by atoms with Gasteiger partial charge in [0.1, 0.15) is 60.7 Å². The molecule has 0 amide bonds. The molecular weight excluding hydrogens is 1750 g/mol. The highest BCUT2D eigenvalue weighted by molar-refractivity contribution is 6.00. The Kier molecular flexibility index (Phi) is 30.0. The Hall–Kier alpha value is -10.1. The summed E-state index contributed by atoms with van der Waals surface area (Å²) < 4.78 is 98.4. The SMILES string of the molecule is CCC(C)(C)C(=O)OC1CC2CC1C1(CC(=O)OC1=O)C2.CCC(C)(C)C(=O)OC1CC2CC1CC21CC(=O)OC1=O.CCC(C)C(=O)OC1CC2CC1C1(CC(=O)OC1=O)C2.CCC(C)C(=O)OCC(=O)OC1C2CC3C(=O)OC1C3O2.CCC(C)C(=O)OCC(=O)OC1C2CC3C1OC(=O)C3C2C(=O)OC.CCC(C)C(=O)OCC(=O)OC1C2OC(=O)C3C2OC1C3C(=O)OC. The zero-order valence-electron chi connectivity index (χ0n) is 78.0. The number of hydrogen-bond donors (Lipinski definition) is 0. The molecule has 39 heteroatoms. The van der Waals surface area contributed by atoms with Crippen molar-refractivity contribution in [1.29, 1.82) is 0 Å². The Morgan fingerprint density at radius 3 is 1.26 bits per heavy atom. The first-order valence-electron chi connectivity index (χ1n) is 46.9. The Balaban J connectivity index is 0.000000136. The Morgan fingerprint density at radius 2 is 0.812 bits per heavy atom. The van der Waals surface area contributed by atoms with Crippen LogP contribution in [-0.4, -0.2) is 233 Å². The molecule has 10 saturated heterocycles. The highest BCUT2D eigenvalue weighted by Crippen LogP contribution is 2.65. The van der Waals surface area contributed by atoms with Gasteiger partial charge < -0.3 is 90.0 Å². The number of rotatable bonds is 26.